The van der Waals surface area contributed by atoms with Crippen molar-refractivity contribution in [1.82, 2.24) is 4.90 Å². The Bertz CT molecular complexity index is 614. The molecule has 23 heavy (non-hydrogen) atoms. The van der Waals surface area contributed by atoms with E-state index in [0.29, 0.717) is 4.90 Å². The summed E-state index contributed by atoms with van der Waals surface area (Å²) in [5.74, 6) is -0.182. The third-order valence-corrected chi connectivity index (χ3v) is 6.46. The van der Waals surface area contributed by atoms with E-state index in [1.807, 2.05) is 14.0 Å². The van der Waals surface area contributed by atoms with Crippen molar-refractivity contribution in [3.8, 4) is 0 Å². The zero-order valence-electron chi connectivity index (χ0n) is 14.1. The number of rotatable bonds is 5. The molecule has 5 heteroatoms. The SMILES string of the molecule is Cc1ccc(S(=O)(=O)CCC(=O)N(C)C2CCCCCC2)cc1. The summed E-state index contributed by atoms with van der Waals surface area (Å²) in [5, 5.41) is 0. The summed E-state index contributed by atoms with van der Waals surface area (Å²) < 4.78 is 24.7. The predicted molar refractivity (Wildman–Crippen MR) is 92.1 cm³/mol. The summed E-state index contributed by atoms with van der Waals surface area (Å²) >= 11 is 0. The lowest BCUT2D eigenvalue weighted by atomic mass is 10.1. The number of amides is 1. The van der Waals surface area contributed by atoms with Crippen LogP contribution in [0.1, 0.15) is 50.5 Å². The van der Waals surface area contributed by atoms with Gasteiger partial charge in [0.25, 0.3) is 0 Å². The molecule has 0 atom stereocenters. The van der Waals surface area contributed by atoms with Crippen LogP contribution >= 0.6 is 0 Å². The van der Waals surface area contributed by atoms with Crippen molar-refractivity contribution >= 4 is 15.7 Å². The first-order valence-electron chi connectivity index (χ1n) is 8.45. The Morgan fingerprint density at radius 1 is 1.09 bits per heavy atom. The fourth-order valence-electron chi connectivity index (χ4n) is 3.11. The normalized spacial score (nSPS) is 16.8. The van der Waals surface area contributed by atoms with Gasteiger partial charge in [-0.25, -0.2) is 8.42 Å². The summed E-state index contributed by atoms with van der Waals surface area (Å²) in [6, 6.07) is 7.07. The molecule has 4 nitrogen and oxygen atoms in total. The van der Waals surface area contributed by atoms with E-state index < -0.39 is 9.84 Å². The monoisotopic (exact) mass is 337 g/mol. The molecule has 0 aliphatic heterocycles. The molecule has 1 saturated carbocycles. The number of carbonyl (C=O) groups excluding carboxylic acids is 1. The quantitative estimate of drug-likeness (QED) is 0.774. The minimum Gasteiger partial charge on any atom is -0.343 e. The number of nitrogens with zero attached hydrogens (tertiary/aromatic N) is 1. The molecular weight excluding hydrogens is 310 g/mol. The standard InChI is InChI=1S/C18H27NO3S/c1-15-9-11-17(12-10-15)23(21,22)14-13-18(20)19(2)16-7-5-3-4-6-8-16/h9-12,16H,3-8,13-14H2,1-2H3. The summed E-state index contributed by atoms with van der Waals surface area (Å²) in [6.45, 7) is 1.92. The number of aryl methyl sites for hydroxylation is 1. The molecule has 0 radical (unpaired) electrons. The van der Waals surface area contributed by atoms with Crippen molar-refractivity contribution in [2.24, 2.45) is 0 Å². The van der Waals surface area contributed by atoms with E-state index in [1.54, 1.807) is 29.2 Å². The Morgan fingerprint density at radius 3 is 2.22 bits per heavy atom. The molecule has 1 fully saturated rings. The third-order valence-electron chi connectivity index (χ3n) is 4.73. The number of sulfone groups is 1. The van der Waals surface area contributed by atoms with Gasteiger partial charge in [0, 0.05) is 19.5 Å². The highest BCUT2D eigenvalue weighted by molar-refractivity contribution is 7.91. The van der Waals surface area contributed by atoms with Crippen LogP contribution < -0.4 is 0 Å². The summed E-state index contributed by atoms with van der Waals surface area (Å²) in [4.78, 5) is 14.4. The van der Waals surface area contributed by atoms with E-state index in [2.05, 4.69) is 0 Å². The van der Waals surface area contributed by atoms with Crippen LogP contribution in [0.5, 0.6) is 0 Å². The molecule has 0 N–H and O–H groups in total. The molecule has 1 aliphatic rings. The van der Waals surface area contributed by atoms with Crippen LogP contribution in [0.2, 0.25) is 0 Å². The molecule has 1 aliphatic carbocycles. The minimum absolute atomic E-state index is 0.0587. The van der Waals surface area contributed by atoms with Crippen LogP contribution in [0.3, 0.4) is 0 Å². The van der Waals surface area contributed by atoms with E-state index >= 15 is 0 Å². The topological polar surface area (TPSA) is 54.5 Å². The number of hydrogen-bond donors (Lipinski definition) is 0. The first-order chi connectivity index (χ1) is 10.9. The summed E-state index contributed by atoms with van der Waals surface area (Å²) in [7, 11) is -1.57. The first kappa shape index (κ1) is 18.0. The van der Waals surface area contributed by atoms with Crippen molar-refractivity contribution in [2.45, 2.75) is 62.8 Å². The van der Waals surface area contributed by atoms with Crippen LogP contribution in [0.4, 0.5) is 0 Å². The molecule has 0 unspecified atom stereocenters. The minimum atomic E-state index is -3.39. The van der Waals surface area contributed by atoms with E-state index in [1.165, 1.54) is 12.8 Å². The molecule has 0 saturated heterocycles. The molecule has 2 rings (SSSR count). The predicted octanol–water partition coefficient (Wildman–Crippen LogP) is 3.34. The third kappa shape index (κ3) is 5.06. The smallest absolute Gasteiger partial charge is 0.223 e. The number of benzene rings is 1. The fourth-order valence-corrected chi connectivity index (χ4v) is 4.34. The molecule has 0 spiro atoms. The fraction of sp³-hybridized carbons (Fsp3) is 0.611. The molecule has 1 aromatic rings. The molecule has 0 bridgehead atoms. The maximum Gasteiger partial charge on any atom is 0.223 e. The first-order valence-corrected chi connectivity index (χ1v) is 10.1. The van der Waals surface area contributed by atoms with Gasteiger partial charge < -0.3 is 4.90 Å². The van der Waals surface area contributed by atoms with Gasteiger partial charge in [0.2, 0.25) is 5.91 Å². The van der Waals surface area contributed by atoms with Crippen LogP contribution in [0, 0.1) is 6.92 Å². The van der Waals surface area contributed by atoms with E-state index in [9.17, 15) is 13.2 Å². The van der Waals surface area contributed by atoms with Crippen molar-refractivity contribution < 1.29 is 13.2 Å². The zero-order chi connectivity index (χ0) is 16.9. The van der Waals surface area contributed by atoms with Gasteiger partial charge in [-0.05, 0) is 31.9 Å². The van der Waals surface area contributed by atoms with Crippen LogP contribution in [0.15, 0.2) is 29.2 Å². The average Bonchev–Trinajstić information content (AvgIpc) is 2.81. The average molecular weight is 337 g/mol. The molecule has 128 valence electrons. The highest BCUT2D eigenvalue weighted by atomic mass is 32.2. The molecule has 1 amide bonds. The van der Waals surface area contributed by atoms with Gasteiger partial charge in [-0.3, -0.25) is 4.79 Å². The second-order valence-corrected chi connectivity index (χ2v) is 8.64. The van der Waals surface area contributed by atoms with Gasteiger partial charge in [0.1, 0.15) is 0 Å². The molecular formula is C18H27NO3S. The van der Waals surface area contributed by atoms with Gasteiger partial charge in [0.05, 0.1) is 10.6 Å². The van der Waals surface area contributed by atoms with Gasteiger partial charge in [0.15, 0.2) is 9.84 Å². The number of hydrogen-bond acceptors (Lipinski definition) is 3. The maximum absolute atomic E-state index is 12.3. The van der Waals surface area contributed by atoms with Gasteiger partial charge in [-0.15, -0.1) is 0 Å². The Labute approximate surface area is 139 Å². The Morgan fingerprint density at radius 2 is 1.65 bits per heavy atom. The molecule has 1 aromatic carbocycles. The zero-order valence-corrected chi connectivity index (χ0v) is 14.9. The van der Waals surface area contributed by atoms with Gasteiger partial charge in [-0.2, -0.15) is 0 Å². The maximum atomic E-state index is 12.3. The second kappa shape index (κ2) is 7.95. The van der Waals surface area contributed by atoms with Crippen molar-refractivity contribution in [2.75, 3.05) is 12.8 Å². The van der Waals surface area contributed by atoms with Crippen molar-refractivity contribution in [3.63, 3.8) is 0 Å². The van der Waals surface area contributed by atoms with Crippen LogP contribution in [-0.4, -0.2) is 38.1 Å². The Hall–Kier alpha value is -1.36. The lowest BCUT2D eigenvalue weighted by Crippen LogP contribution is -2.37. The van der Waals surface area contributed by atoms with Crippen molar-refractivity contribution in [1.29, 1.82) is 0 Å². The second-order valence-electron chi connectivity index (χ2n) is 6.53. The van der Waals surface area contributed by atoms with Crippen LogP contribution in [0.25, 0.3) is 0 Å². The largest absolute Gasteiger partial charge is 0.343 e. The summed E-state index contributed by atoms with van der Waals surface area (Å²) in [6.07, 6.45) is 6.91. The van der Waals surface area contributed by atoms with Crippen molar-refractivity contribution in [3.05, 3.63) is 29.8 Å². The summed E-state index contributed by atoms with van der Waals surface area (Å²) in [5.41, 5.74) is 1.02. The van der Waals surface area contributed by atoms with Gasteiger partial charge >= 0.3 is 0 Å². The number of carbonyl (C=O) groups is 1. The molecule has 0 heterocycles. The highest BCUT2D eigenvalue weighted by Crippen LogP contribution is 2.22. The lowest BCUT2D eigenvalue weighted by Gasteiger charge is -2.27. The highest BCUT2D eigenvalue weighted by Gasteiger charge is 2.23. The van der Waals surface area contributed by atoms with Gasteiger partial charge in [-0.1, -0.05) is 43.4 Å². The Kier molecular flexibility index (Phi) is 6.22. The van der Waals surface area contributed by atoms with E-state index in [0.717, 1.165) is 31.2 Å². The van der Waals surface area contributed by atoms with E-state index in [-0.39, 0.29) is 24.1 Å². The van der Waals surface area contributed by atoms with Crippen LogP contribution in [-0.2, 0) is 14.6 Å². The lowest BCUT2D eigenvalue weighted by molar-refractivity contribution is -0.131. The Balaban J connectivity index is 1.93. The van der Waals surface area contributed by atoms with E-state index in [4.69, 9.17) is 0 Å². The molecule has 0 aromatic heterocycles.